The highest BCUT2D eigenvalue weighted by atomic mass is 19.1. The van der Waals surface area contributed by atoms with Crippen molar-refractivity contribution in [3.05, 3.63) is 41.7 Å². The Labute approximate surface area is 123 Å². The molecule has 3 nitrogen and oxygen atoms in total. The minimum atomic E-state index is -0.624. The third-order valence-corrected chi connectivity index (χ3v) is 4.67. The monoisotopic (exact) mass is 290 g/mol. The second kappa shape index (κ2) is 5.35. The third-order valence-electron chi connectivity index (χ3n) is 4.67. The first-order valence-corrected chi connectivity index (χ1v) is 7.30. The number of halogens is 1. The Morgan fingerprint density at radius 3 is 2.76 bits per heavy atom. The number of benzene rings is 1. The maximum atomic E-state index is 12.9. The summed E-state index contributed by atoms with van der Waals surface area (Å²) in [7, 11) is 0. The lowest BCUT2D eigenvalue weighted by Crippen LogP contribution is -2.51. The van der Waals surface area contributed by atoms with Crippen LogP contribution in [0.2, 0.25) is 0 Å². The van der Waals surface area contributed by atoms with E-state index in [1.807, 2.05) is 26.0 Å². The van der Waals surface area contributed by atoms with Gasteiger partial charge in [0.2, 0.25) is 0 Å². The van der Waals surface area contributed by atoms with Crippen LogP contribution in [0.1, 0.15) is 32.3 Å². The van der Waals surface area contributed by atoms with Gasteiger partial charge in [-0.25, -0.2) is 14.2 Å². The van der Waals surface area contributed by atoms with Crippen LogP contribution in [0, 0.1) is 17.7 Å². The summed E-state index contributed by atoms with van der Waals surface area (Å²) >= 11 is 0. The summed E-state index contributed by atoms with van der Waals surface area (Å²) in [6.45, 7) is 3.82. The Bertz CT molecular complexity index is 566. The molecular weight excluding hydrogens is 271 g/mol. The van der Waals surface area contributed by atoms with Crippen molar-refractivity contribution in [3.8, 4) is 0 Å². The molecule has 0 aromatic heterocycles. The van der Waals surface area contributed by atoms with Crippen molar-refractivity contribution < 1.29 is 19.0 Å². The quantitative estimate of drug-likeness (QED) is 0.781. The fourth-order valence-electron chi connectivity index (χ4n) is 3.00. The molecule has 1 heterocycles. The molecular formula is C17H19FO3. The molecule has 1 saturated heterocycles. The normalized spacial score (nSPS) is 36.1. The Morgan fingerprint density at radius 1 is 1.33 bits per heavy atom. The highest BCUT2D eigenvalue weighted by Gasteiger charge is 2.48. The van der Waals surface area contributed by atoms with Gasteiger partial charge in [0.25, 0.3) is 0 Å². The molecule has 2 fully saturated rings. The van der Waals surface area contributed by atoms with E-state index in [2.05, 4.69) is 0 Å². The average molecular weight is 290 g/mol. The largest absolute Gasteiger partial charge is 0.299 e. The number of carbonyl (C=O) groups is 1. The van der Waals surface area contributed by atoms with Crippen molar-refractivity contribution in [1.29, 1.82) is 0 Å². The standard InChI is InChI=1S/C17H19FO3/c1-11-15(19)9-13-10-16(11)20-21-17(13,2)8-7-12-3-5-14(18)6-4-12/h3-8,11,13,16H,9-10H2,1-2H3. The van der Waals surface area contributed by atoms with Crippen LogP contribution in [0.3, 0.4) is 0 Å². The van der Waals surface area contributed by atoms with Crippen molar-refractivity contribution in [1.82, 2.24) is 0 Å². The van der Waals surface area contributed by atoms with Gasteiger partial charge in [0.05, 0.1) is 0 Å². The number of ketones is 1. The molecule has 1 aromatic carbocycles. The zero-order valence-corrected chi connectivity index (χ0v) is 12.2. The summed E-state index contributed by atoms with van der Waals surface area (Å²) < 4.78 is 12.9. The maximum Gasteiger partial charge on any atom is 0.138 e. The highest BCUT2D eigenvalue weighted by Crippen LogP contribution is 2.42. The molecule has 4 unspecified atom stereocenters. The summed E-state index contributed by atoms with van der Waals surface area (Å²) in [6.07, 6.45) is 5.00. The highest BCUT2D eigenvalue weighted by molar-refractivity contribution is 5.82. The summed E-state index contributed by atoms with van der Waals surface area (Å²) in [5.41, 5.74) is 0.264. The van der Waals surface area contributed by atoms with Crippen molar-refractivity contribution in [2.24, 2.45) is 11.8 Å². The lowest BCUT2D eigenvalue weighted by atomic mass is 9.71. The molecule has 0 spiro atoms. The van der Waals surface area contributed by atoms with Gasteiger partial charge < -0.3 is 0 Å². The first-order valence-electron chi connectivity index (χ1n) is 7.30. The molecule has 0 amide bonds. The van der Waals surface area contributed by atoms with E-state index < -0.39 is 5.60 Å². The number of rotatable bonds is 2. The number of hydrogen-bond donors (Lipinski definition) is 0. The van der Waals surface area contributed by atoms with Gasteiger partial charge in [-0.15, -0.1) is 0 Å². The first kappa shape index (κ1) is 14.4. The van der Waals surface area contributed by atoms with Gasteiger partial charge >= 0.3 is 0 Å². The fourth-order valence-corrected chi connectivity index (χ4v) is 3.00. The molecule has 1 aliphatic carbocycles. The number of hydrogen-bond acceptors (Lipinski definition) is 3. The SMILES string of the molecule is CC1C(=O)CC2CC1OOC2(C)C=Cc1ccc(F)cc1. The van der Waals surface area contributed by atoms with Gasteiger partial charge in [0, 0.05) is 18.3 Å². The molecule has 112 valence electrons. The zero-order chi connectivity index (χ0) is 15.0. The second-order valence-electron chi connectivity index (χ2n) is 6.18. The predicted octanol–water partition coefficient (Wildman–Crippen LogP) is 3.54. The van der Waals surface area contributed by atoms with Gasteiger partial charge in [-0.2, -0.15) is 0 Å². The number of fused-ring (bicyclic) bond motifs is 2. The van der Waals surface area contributed by atoms with E-state index in [1.165, 1.54) is 12.1 Å². The van der Waals surface area contributed by atoms with Gasteiger partial charge in [-0.3, -0.25) is 4.79 Å². The fraction of sp³-hybridized carbons (Fsp3) is 0.471. The summed E-state index contributed by atoms with van der Waals surface area (Å²) in [4.78, 5) is 23.0. The van der Waals surface area contributed by atoms with E-state index >= 15 is 0 Å². The molecule has 3 rings (SSSR count). The Kier molecular flexibility index (Phi) is 3.68. The van der Waals surface area contributed by atoms with E-state index in [4.69, 9.17) is 9.78 Å². The number of Topliss-reactive ketones (excluding diaryl/α,β-unsaturated/α-hetero) is 1. The second-order valence-corrected chi connectivity index (χ2v) is 6.18. The Balaban J connectivity index is 1.78. The predicted molar refractivity (Wildman–Crippen MR) is 76.7 cm³/mol. The van der Waals surface area contributed by atoms with E-state index in [9.17, 15) is 9.18 Å². The van der Waals surface area contributed by atoms with Crippen LogP contribution in [0.25, 0.3) is 6.08 Å². The van der Waals surface area contributed by atoms with E-state index in [-0.39, 0.29) is 29.5 Å². The van der Waals surface area contributed by atoms with Crippen LogP contribution in [0.15, 0.2) is 30.3 Å². The van der Waals surface area contributed by atoms with Crippen LogP contribution < -0.4 is 0 Å². The summed E-state index contributed by atoms with van der Waals surface area (Å²) in [6, 6.07) is 6.25. The van der Waals surface area contributed by atoms with Crippen molar-refractivity contribution in [3.63, 3.8) is 0 Å². The smallest absolute Gasteiger partial charge is 0.138 e. The maximum absolute atomic E-state index is 12.9. The van der Waals surface area contributed by atoms with Crippen LogP contribution in [0.5, 0.6) is 0 Å². The van der Waals surface area contributed by atoms with Gasteiger partial charge in [-0.1, -0.05) is 25.1 Å². The Morgan fingerprint density at radius 2 is 2.05 bits per heavy atom. The minimum Gasteiger partial charge on any atom is -0.299 e. The van der Waals surface area contributed by atoms with Crippen molar-refractivity contribution >= 4 is 11.9 Å². The van der Waals surface area contributed by atoms with E-state index in [0.29, 0.717) is 6.42 Å². The molecule has 2 aliphatic rings. The Hall–Kier alpha value is -1.52. The summed E-state index contributed by atoms with van der Waals surface area (Å²) in [5, 5.41) is 0. The third kappa shape index (κ3) is 2.78. The lowest BCUT2D eigenvalue weighted by molar-refractivity contribution is -0.415. The minimum absolute atomic E-state index is 0.0909. The van der Waals surface area contributed by atoms with E-state index in [0.717, 1.165) is 12.0 Å². The molecule has 2 bridgehead atoms. The molecule has 4 heteroatoms. The van der Waals surface area contributed by atoms with Gasteiger partial charge in [0.1, 0.15) is 23.3 Å². The van der Waals surface area contributed by atoms with Crippen LogP contribution >= 0.6 is 0 Å². The van der Waals surface area contributed by atoms with Crippen LogP contribution in [-0.2, 0) is 14.6 Å². The molecule has 0 N–H and O–H groups in total. The first-order chi connectivity index (χ1) is 9.98. The molecule has 1 saturated carbocycles. The average Bonchev–Trinajstić information content (AvgIpc) is 2.47. The topological polar surface area (TPSA) is 35.5 Å². The molecule has 1 aliphatic heterocycles. The molecule has 21 heavy (non-hydrogen) atoms. The van der Waals surface area contributed by atoms with Crippen molar-refractivity contribution in [2.75, 3.05) is 0 Å². The van der Waals surface area contributed by atoms with Crippen LogP contribution in [0.4, 0.5) is 4.39 Å². The van der Waals surface area contributed by atoms with E-state index in [1.54, 1.807) is 12.1 Å². The van der Waals surface area contributed by atoms with Crippen molar-refractivity contribution in [2.45, 2.75) is 38.4 Å². The van der Waals surface area contributed by atoms with Crippen LogP contribution in [-0.4, -0.2) is 17.5 Å². The summed E-state index contributed by atoms with van der Waals surface area (Å²) in [5.74, 6) is 0.00908. The van der Waals surface area contributed by atoms with Gasteiger partial charge in [0.15, 0.2) is 0 Å². The lowest BCUT2D eigenvalue weighted by Gasteiger charge is -2.45. The molecule has 4 atom stereocenters. The molecule has 1 aromatic rings. The van der Waals surface area contributed by atoms with Gasteiger partial charge in [-0.05, 0) is 37.1 Å². The molecule has 0 radical (unpaired) electrons. The zero-order valence-electron chi connectivity index (χ0n) is 12.2. The number of carbonyl (C=O) groups excluding carboxylic acids is 1.